The van der Waals surface area contributed by atoms with Gasteiger partial charge < -0.3 is 4.74 Å². The molecule has 0 saturated heterocycles. The standard InChI is InChI=1S/C28H23FN4O3S/c1-16-4-13-22-24(14-16)37-27(31-22)18-5-9-20(10-6-18)30-17(2)26-23(15-25(34)36-3)32-33(28(26)35)21-11-7-19(29)8-12-21/h4-14,32H,15H2,1-3H3. The molecule has 5 aromatic rings. The maximum Gasteiger partial charge on any atom is 0.311 e. The van der Waals surface area contributed by atoms with Crippen molar-refractivity contribution < 1.29 is 13.9 Å². The number of aryl methyl sites for hydroxylation is 1. The van der Waals surface area contributed by atoms with Crippen molar-refractivity contribution in [2.75, 3.05) is 7.11 Å². The van der Waals surface area contributed by atoms with Gasteiger partial charge in [-0.1, -0.05) is 6.07 Å². The van der Waals surface area contributed by atoms with Gasteiger partial charge >= 0.3 is 5.97 Å². The van der Waals surface area contributed by atoms with Crippen LogP contribution in [0.2, 0.25) is 0 Å². The highest BCUT2D eigenvalue weighted by atomic mass is 32.1. The van der Waals surface area contributed by atoms with Crippen LogP contribution in [-0.2, 0) is 16.0 Å². The number of methoxy groups -OCH3 is 1. The number of fused-ring (bicyclic) bond motifs is 1. The van der Waals surface area contributed by atoms with Crippen LogP contribution >= 0.6 is 11.3 Å². The Balaban J connectivity index is 1.49. The third-order valence-corrected chi connectivity index (χ3v) is 6.98. The van der Waals surface area contributed by atoms with Crippen LogP contribution in [0.1, 0.15) is 23.7 Å². The molecule has 7 nitrogen and oxygen atoms in total. The number of aromatic nitrogens is 3. The molecule has 0 aliphatic heterocycles. The second kappa shape index (κ2) is 9.94. The van der Waals surface area contributed by atoms with Gasteiger partial charge in [0.1, 0.15) is 10.8 Å². The number of aromatic amines is 1. The molecule has 5 rings (SSSR count). The van der Waals surface area contributed by atoms with Gasteiger partial charge in [0.25, 0.3) is 5.56 Å². The lowest BCUT2D eigenvalue weighted by molar-refractivity contribution is -0.139. The largest absolute Gasteiger partial charge is 0.469 e. The Bertz CT molecular complexity index is 1700. The molecule has 0 aliphatic rings. The predicted octanol–water partition coefficient (Wildman–Crippen LogP) is 5.75. The van der Waals surface area contributed by atoms with Crippen LogP contribution in [0.25, 0.3) is 26.5 Å². The minimum atomic E-state index is -0.503. The molecule has 0 amide bonds. The summed E-state index contributed by atoms with van der Waals surface area (Å²) in [5, 5.41) is 3.88. The van der Waals surface area contributed by atoms with E-state index in [9.17, 15) is 14.0 Å². The number of halogens is 1. The van der Waals surface area contributed by atoms with E-state index in [1.165, 1.54) is 41.6 Å². The number of rotatable bonds is 6. The molecule has 0 atom stereocenters. The molecular weight excluding hydrogens is 491 g/mol. The summed E-state index contributed by atoms with van der Waals surface area (Å²) in [7, 11) is 1.28. The van der Waals surface area contributed by atoms with E-state index in [1.807, 2.05) is 36.4 Å². The maximum absolute atomic E-state index is 13.4. The Morgan fingerprint density at radius 2 is 1.84 bits per heavy atom. The summed E-state index contributed by atoms with van der Waals surface area (Å²) in [4.78, 5) is 34.7. The van der Waals surface area contributed by atoms with Crippen molar-refractivity contribution in [1.29, 1.82) is 0 Å². The summed E-state index contributed by atoms with van der Waals surface area (Å²) >= 11 is 1.63. The maximum atomic E-state index is 13.4. The van der Waals surface area contributed by atoms with E-state index in [2.05, 4.69) is 23.1 Å². The van der Waals surface area contributed by atoms with Crippen molar-refractivity contribution in [1.82, 2.24) is 14.8 Å². The van der Waals surface area contributed by atoms with E-state index in [-0.39, 0.29) is 12.0 Å². The topological polar surface area (TPSA) is 89.3 Å². The molecule has 2 aromatic heterocycles. The van der Waals surface area contributed by atoms with Crippen LogP contribution in [0.5, 0.6) is 0 Å². The Kier molecular flexibility index (Phi) is 6.54. The number of carbonyl (C=O) groups excluding carboxylic acids is 1. The van der Waals surface area contributed by atoms with Gasteiger partial charge in [-0.25, -0.2) is 14.1 Å². The first-order valence-electron chi connectivity index (χ1n) is 11.5. The number of hydrogen-bond acceptors (Lipinski definition) is 6. The van der Waals surface area contributed by atoms with Crippen molar-refractivity contribution in [3.8, 4) is 16.3 Å². The molecule has 0 fully saturated rings. The summed E-state index contributed by atoms with van der Waals surface area (Å²) in [6.45, 7) is 3.77. The van der Waals surface area contributed by atoms with Crippen molar-refractivity contribution in [2.24, 2.45) is 4.99 Å². The molecule has 0 radical (unpaired) electrons. The fourth-order valence-electron chi connectivity index (χ4n) is 4.06. The first-order chi connectivity index (χ1) is 17.8. The number of nitrogens with one attached hydrogen (secondary N) is 1. The zero-order chi connectivity index (χ0) is 26.1. The van der Waals surface area contributed by atoms with Crippen molar-refractivity contribution in [3.05, 3.63) is 99.7 Å². The highest BCUT2D eigenvalue weighted by Crippen LogP contribution is 2.31. The quantitative estimate of drug-likeness (QED) is 0.231. The summed E-state index contributed by atoms with van der Waals surface area (Å²) in [6, 6.07) is 19.3. The molecule has 186 valence electrons. The molecule has 0 bridgehead atoms. The van der Waals surface area contributed by atoms with Crippen LogP contribution in [0.4, 0.5) is 10.1 Å². The number of benzene rings is 3. The van der Waals surface area contributed by atoms with E-state index in [1.54, 1.807) is 18.3 Å². The van der Waals surface area contributed by atoms with E-state index in [0.717, 1.165) is 20.8 Å². The van der Waals surface area contributed by atoms with Crippen LogP contribution in [0.15, 0.2) is 76.5 Å². The highest BCUT2D eigenvalue weighted by Gasteiger charge is 2.20. The van der Waals surface area contributed by atoms with Gasteiger partial charge in [-0.3, -0.25) is 19.7 Å². The van der Waals surface area contributed by atoms with Crippen molar-refractivity contribution in [2.45, 2.75) is 20.3 Å². The number of thiazole rings is 1. The van der Waals surface area contributed by atoms with Crippen molar-refractivity contribution >= 4 is 38.9 Å². The lowest BCUT2D eigenvalue weighted by atomic mass is 10.1. The number of esters is 1. The molecule has 1 N–H and O–H groups in total. The minimum absolute atomic E-state index is 0.141. The molecule has 0 unspecified atom stereocenters. The smallest absolute Gasteiger partial charge is 0.311 e. The second-order valence-corrected chi connectivity index (χ2v) is 9.60. The molecule has 0 aliphatic carbocycles. The first kappa shape index (κ1) is 24.3. The van der Waals surface area contributed by atoms with Gasteiger partial charge in [0.15, 0.2) is 0 Å². The van der Waals surface area contributed by atoms with Gasteiger partial charge in [0, 0.05) is 5.56 Å². The lowest BCUT2D eigenvalue weighted by Crippen LogP contribution is -2.20. The van der Waals surface area contributed by atoms with E-state index >= 15 is 0 Å². The Labute approximate surface area is 215 Å². The van der Waals surface area contributed by atoms with Crippen LogP contribution in [0.3, 0.4) is 0 Å². The lowest BCUT2D eigenvalue weighted by Gasteiger charge is -2.03. The normalized spacial score (nSPS) is 11.7. The van der Waals surface area contributed by atoms with Crippen molar-refractivity contribution in [3.63, 3.8) is 0 Å². The van der Waals surface area contributed by atoms with Crippen LogP contribution in [0, 0.1) is 12.7 Å². The molecule has 2 heterocycles. The first-order valence-corrected chi connectivity index (χ1v) is 12.3. The van der Waals surface area contributed by atoms with Gasteiger partial charge in [0.2, 0.25) is 0 Å². The highest BCUT2D eigenvalue weighted by molar-refractivity contribution is 7.21. The number of hydrogen-bond donors (Lipinski definition) is 1. The molecule has 0 spiro atoms. The number of H-pyrrole nitrogens is 1. The second-order valence-electron chi connectivity index (χ2n) is 8.57. The summed E-state index contributed by atoms with van der Waals surface area (Å²) in [5.74, 6) is -0.919. The molecule has 37 heavy (non-hydrogen) atoms. The predicted molar refractivity (Wildman–Crippen MR) is 144 cm³/mol. The van der Waals surface area contributed by atoms with Gasteiger partial charge in [-0.2, -0.15) is 0 Å². The van der Waals surface area contributed by atoms with E-state index in [0.29, 0.717) is 22.8 Å². The third kappa shape index (κ3) is 4.99. The fourth-order valence-corrected chi connectivity index (χ4v) is 5.12. The van der Waals surface area contributed by atoms with E-state index < -0.39 is 17.3 Å². The number of nitrogens with zero attached hydrogens (tertiary/aromatic N) is 3. The minimum Gasteiger partial charge on any atom is -0.469 e. The zero-order valence-corrected chi connectivity index (χ0v) is 21.2. The van der Waals surface area contributed by atoms with Crippen LogP contribution in [-0.4, -0.2) is 33.6 Å². The zero-order valence-electron chi connectivity index (χ0n) is 20.4. The number of carbonyl (C=O) groups is 1. The Morgan fingerprint density at radius 1 is 1.11 bits per heavy atom. The SMILES string of the molecule is COC(=O)Cc1[nH]n(-c2ccc(F)cc2)c(=O)c1C(C)=Nc1ccc(-c2nc3ccc(C)cc3s2)cc1. The van der Waals surface area contributed by atoms with E-state index in [4.69, 9.17) is 9.72 Å². The average molecular weight is 515 g/mol. The fraction of sp³-hybridized carbons (Fsp3) is 0.143. The van der Waals surface area contributed by atoms with Gasteiger partial charge in [-0.15, -0.1) is 11.3 Å². The monoisotopic (exact) mass is 514 g/mol. The van der Waals surface area contributed by atoms with Gasteiger partial charge in [0.05, 0.1) is 52.1 Å². The summed E-state index contributed by atoms with van der Waals surface area (Å²) in [5.41, 5.74) is 4.89. The summed E-state index contributed by atoms with van der Waals surface area (Å²) < 4.78 is 20.6. The Hall–Kier alpha value is -4.37. The third-order valence-electron chi connectivity index (χ3n) is 5.92. The number of aliphatic imine (C=N–C) groups is 1. The number of ether oxygens (including phenoxy) is 1. The Morgan fingerprint density at radius 3 is 2.54 bits per heavy atom. The summed E-state index contributed by atoms with van der Waals surface area (Å²) in [6.07, 6.45) is -0.141. The molecule has 0 saturated carbocycles. The molecule has 9 heteroatoms. The van der Waals surface area contributed by atoms with Crippen LogP contribution < -0.4 is 5.56 Å². The average Bonchev–Trinajstić information content (AvgIpc) is 3.45. The molecule has 3 aromatic carbocycles. The molecular formula is C28H23FN4O3S. The van der Waals surface area contributed by atoms with Gasteiger partial charge in [-0.05, 0) is 80.1 Å².